The summed E-state index contributed by atoms with van der Waals surface area (Å²) in [6.07, 6.45) is -0.440. The number of benzene rings is 2. The molecule has 0 aliphatic carbocycles. The highest BCUT2D eigenvalue weighted by Crippen LogP contribution is 2.34. The second kappa shape index (κ2) is 9.55. The van der Waals surface area contributed by atoms with E-state index in [-0.39, 0.29) is 24.7 Å². The van der Waals surface area contributed by atoms with E-state index >= 15 is 0 Å². The summed E-state index contributed by atoms with van der Waals surface area (Å²) in [5.41, 5.74) is 1.67. The Hall–Kier alpha value is -1.18. The second-order valence-electron chi connectivity index (χ2n) is 6.87. The van der Waals surface area contributed by atoms with Crippen LogP contribution < -0.4 is 0 Å². The van der Waals surface area contributed by atoms with Crippen molar-refractivity contribution in [2.45, 2.75) is 49.4 Å². The lowest BCUT2D eigenvalue weighted by Gasteiger charge is -2.32. The number of hydrogen-bond donors (Lipinski definition) is 2. The van der Waals surface area contributed by atoms with Gasteiger partial charge >= 0.3 is 0 Å². The topological polar surface area (TPSA) is 49.7 Å². The minimum Gasteiger partial charge on any atom is -0.394 e. The molecule has 0 bridgehead atoms. The van der Waals surface area contributed by atoms with Crippen molar-refractivity contribution >= 4 is 23.4 Å². The number of aliphatic hydroxyl groups is 2. The maximum atomic E-state index is 14.5. The van der Waals surface area contributed by atoms with Crippen molar-refractivity contribution < 1.29 is 23.7 Å². The van der Waals surface area contributed by atoms with E-state index in [1.807, 2.05) is 6.92 Å². The van der Waals surface area contributed by atoms with Gasteiger partial charge in [0.15, 0.2) is 11.6 Å². The molecular formula is C21H23ClF2O3S. The van der Waals surface area contributed by atoms with Crippen molar-refractivity contribution in [1.82, 2.24) is 0 Å². The summed E-state index contributed by atoms with van der Waals surface area (Å²) in [4.78, 5) is 0.295. The summed E-state index contributed by atoms with van der Waals surface area (Å²) >= 11 is 7.55. The van der Waals surface area contributed by atoms with Gasteiger partial charge in [-0.2, -0.15) is 0 Å². The molecule has 1 fully saturated rings. The van der Waals surface area contributed by atoms with E-state index in [0.717, 1.165) is 5.56 Å². The number of aliphatic hydroxyl groups excluding tert-OH is 2. The molecule has 3 atom stereocenters. The van der Waals surface area contributed by atoms with Crippen molar-refractivity contribution in [3.63, 3.8) is 0 Å². The summed E-state index contributed by atoms with van der Waals surface area (Å²) in [5.74, 6) is -1.03. The van der Waals surface area contributed by atoms with Crippen LogP contribution in [0.3, 0.4) is 0 Å². The van der Waals surface area contributed by atoms with E-state index in [1.165, 1.54) is 11.8 Å². The fraction of sp³-hybridized carbons (Fsp3) is 0.429. The summed E-state index contributed by atoms with van der Waals surface area (Å²) < 4.78 is 34.6. The molecular weight excluding hydrogens is 406 g/mol. The molecule has 3 rings (SSSR count). The monoisotopic (exact) mass is 428 g/mol. The Morgan fingerprint density at radius 2 is 1.93 bits per heavy atom. The van der Waals surface area contributed by atoms with Gasteiger partial charge in [-0.3, -0.25) is 0 Å². The second-order valence-corrected chi connectivity index (χ2v) is 8.58. The Kier molecular flexibility index (Phi) is 7.34. The highest BCUT2D eigenvalue weighted by molar-refractivity contribution is 7.99. The maximum Gasteiger partial charge on any atom is 0.172 e. The van der Waals surface area contributed by atoms with Gasteiger partial charge in [-0.1, -0.05) is 36.7 Å². The van der Waals surface area contributed by atoms with Gasteiger partial charge < -0.3 is 14.9 Å². The zero-order valence-electron chi connectivity index (χ0n) is 15.5. The SMILES string of the molecule is CCSc1ccc(Cc2cc([C@H]3C[C@@H](O)C[C@@H](CO)O3)ccc2Cl)c(F)c1F. The van der Waals surface area contributed by atoms with Gasteiger partial charge in [-0.05, 0) is 34.6 Å². The molecule has 2 aromatic carbocycles. The van der Waals surface area contributed by atoms with Crippen molar-refractivity contribution in [3.8, 4) is 0 Å². The first kappa shape index (κ1) is 21.5. The molecule has 2 N–H and O–H groups in total. The maximum absolute atomic E-state index is 14.5. The fourth-order valence-corrected chi connectivity index (χ4v) is 4.31. The van der Waals surface area contributed by atoms with Crippen molar-refractivity contribution in [2.75, 3.05) is 12.4 Å². The van der Waals surface area contributed by atoms with Crippen molar-refractivity contribution in [3.05, 3.63) is 63.7 Å². The van der Waals surface area contributed by atoms with Crippen molar-refractivity contribution in [2.24, 2.45) is 0 Å². The van der Waals surface area contributed by atoms with E-state index in [2.05, 4.69) is 0 Å². The molecule has 0 spiro atoms. The largest absolute Gasteiger partial charge is 0.394 e. The molecule has 1 aliphatic rings. The van der Waals surface area contributed by atoms with Crippen LogP contribution in [-0.4, -0.2) is 34.8 Å². The lowest BCUT2D eigenvalue weighted by Crippen LogP contribution is -2.33. The van der Waals surface area contributed by atoms with Gasteiger partial charge in [0, 0.05) is 29.2 Å². The van der Waals surface area contributed by atoms with Gasteiger partial charge in [-0.25, -0.2) is 8.78 Å². The first-order valence-corrected chi connectivity index (χ1v) is 10.6. The quantitative estimate of drug-likeness (QED) is 0.643. The lowest BCUT2D eigenvalue weighted by atomic mass is 9.94. The molecule has 0 unspecified atom stereocenters. The van der Waals surface area contributed by atoms with E-state index in [4.69, 9.17) is 16.3 Å². The third kappa shape index (κ3) is 4.86. The molecule has 0 radical (unpaired) electrons. The molecule has 0 amide bonds. The third-order valence-electron chi connectivity index (χ3n) is 4.83. The minimum atomic E-state index is -0.857. The Labute approximate surface area is 172 Å². The molecule has 0 saturated carbocycles. The Morgan fingerprint density at radius 1 is 1.14 bits per heavy atom. The molecule has 152 valence electrons. The summed E-state index contributed by atoms with van der Waals surface area (Å²) in [6, 6.07) is 8.46. The zero-order valence-corrected chi connectivity index (χ0v) is 17.1. The summed E-state index contributed by atoms with van der Waals surface area (Å²) in [7, 11) is 0. The highest BCUT2D eigenvalue weighted by Gasteiger charge is 2.29. The number of thioether (sulfide) groups is 1. The number of ether oxygens (including phenoxy) is 1. The zero-order chi connectivity index (χ0) is 20.3. The molecule has 2 aromatic rings. The average Bonchev–Trinajstić information content (AvgIpc) is 2.68. The summed E-state index contributed by atoms with van der Waals surface area (Å²) in [5, 5.41) is 19.8. The highest BCUT2D eigenvalue weighted by atomic mass is 35.5. The van der Waals surface area contributed by atoms with Crippen LogP contribution in [0.1, 0.15) is 42.6 Å². The van der Waals surface area contributed by atoms with Crippen LogP contribution >= 0.6 is 23.4 Å². The van der Waals surface area contributed by atoms with Crippen LogP contribution in [0.2, 0.25) is 5.02 Å². The van der Waals surface area contributed by atoms with Crippen molar-refractivity contribution in [1.29, 1.82) is 0 Å². The molecule has 3 nitrogen and oxygen atoms in total. The minimum absolute atomic E-state index is 0.144. The molecule has 1 aliphatic heterocycles. The number of halogens is 3. The summed E-state index contributed by atoms with van der Waals surface area (Å²) in [6.45, 7) is 1.72. The fourth-order valence-electron chi connectivity index (χ4n) is 3.43. The third-order valence-corrected chi connectivity index (χ3v) is 6.11. The predicted molar refractivity (Wildman–Crippen MR) is 107 cm³/mol. The van der Waals surface area contributed by atoms with E-state index in [0.29, 0.717) is 34.1 Å². The number of rotatable bonds is 6. The van der Waals surface area contributed by atoms with Crippen LogP contribution in [0.15, 0.2) is 35.2 Å². The smallest absolute Gasteiger partial charge is 0.172 e. The van der Waals surface area contributed by atoms with Crippen LogP contribution in [-0.2, 0) is 11.2 Å². The Balaban J connectivity index is 1.85. The van der Waals surface area contributed by atoms with E-state index in [1.54, 1.807) is 30.3 Å². The van der Waals surface area contributed by atoms with Gasteiger partial charge in [0.05, 0.1) is 24.9 Å². The van der Waals surface area contributed by atoms with Gasteiger partial charge in [0.2, 0.25) is 0 Å². The van der Waals surface area contributed by atoms with Crippen LogP contribution in [0.25, 0.3) is 0 Å². The molecule has 28 heavy (non-hydrogen) atoms. The first-order chi connectivity index (χ1) is 13.4. The van der Waals surface area contributed by atoms with E-state index < -0.39 is 23.8 Å². The van der Waals surface area contributed by atoms with Gasteiger partial charge in [0.1, 0.15) is 0 Å². The molecule has 1 heterocycles. The van der Waals surface area contributed by atoms with Gasteiger partial charge in [-0.15, -0.1) is 11.8 Å². The standard InChI is InChI=1S/C21H23ClF2O3S/c1-2-28-19-6-4-13(20(23)21(19)24)8-14-7-12(3-5-17(14)22)18-10-15(26)9-16(11-25)27-18/h3-7,15-16,18,25-26H,2,8-11H2,1H3/t15-,16-,18+/m0/s1. The number of hydrogen-bond acceptors (Lipinski definition) is 4. The van der Waals surface area contributed by atoms with Crippen LogP contribution in [0.5, 0.6) is 0 Å². The molecule has 1 saturated heterocycles. The van der Waals surface area contributed by atoms with E-state index in [9.17, 15) is 19.0 Å². The Morgan fingerprint density at radius 3 is 2.64 bits per heavy atom. The van der Waals surface area contributed by atoms with Crippen LogP contribution in [0.4, 0.5) is 8.78 Å². The lowest BCUT2D eigenvalue weighted by molar-refractivity contribution is -0.113. The van der Waals surface area contributed by atoms with Gasteiger partial charge in [0.25, 0.3) is 0 Å². The van der Waals surface area contributed by atoms with Crippen LogP contribution in [0, 0.1) is 11.6 Å². The first-order valence-electron chi connectivity index (χ1n) is 9.25. The average molecular weight is 429 g/mol. The molecule has 0 aromatic heterocycles. The normalized spacial score (nSPS) is 22.4. The molecule has 7 heteroatoms. The predicted octanol–water partition coefficient (Wildman–Crippen LogP) is 4.89. The Bertz CT molecular complexity index is 834.